The standard InChI is InChI=1S/C40H48N8O6/c1-53-39(51)41-20-19-35(49)47-21-5-9-33(47)36-42-23-31(44-36)27-15-11-25(12-16-27)26-13-17-28(18-14-26)32-24-43-37(45-32)34-10-6-22-48(34)38(50)29-7-3-4-8-30(29)46-40(52)54-2/h11-18,23-24,29-30,33-34H,3-10,19-22H2,1-2H3,(H,41,51)(H,42,44)(H,43,45)(H,46,52)/t29-,30+,33-,34-/m0/s1. The number of benzene rings is 2. The van der Waals surface area contributed by atoms with Gasteiger partial charge in [0.15, 0.2) is 0 Å². The Hall–Kier alpha value is -5.66. The largest absolute Gasteiger partial charge is 0.453 e. The van der Waals surface area contributed by atoms with E-state index < -0.39 is 12.2 Å². The Morgan fingerprint density at radius 2 is 1.20 bits per heavy atom. The number of rotatable bonds is 10. The number of amides is 4. The van der Waals surface area contributed by atoms with Crippen LogP contribution in [0.5, 0.6) is 0 Å². The summed E-state index contributed by atoms with van der Waals surface area (Å²) in [4.78, 5) is 70.1. The number of H-pyrrole nitrogens is 2. The summed E-state index contributed by atoms with van der Waals surface area (Å²) in [7, 11) is 2.64. The molecule has 2 aromatic carbocycles. The van der Waals surface area contributed by atoms with Crippen LogP contribution in [0.2, 0.25) is 0 Å². The lowest BCUT2D eigenvalue weighted by molar-refractivity contribution is -0.138. The minimum absolute atomic E-state index is 0.0252. The van der Waals surface area contributed by atoms with Gasteiger partial charge in [-0.25, -0.2) is 19.6 Å². The Balaban J connectivity index is 0.972. The predicted molar refractivity (Wildman–Crippen MR) is 201 cm³/mol. The van der Waals surface area contributed by atoms with E-state index in [-0.39, 0.29) is 48.8 Å². The fourth-order valence-corrected chi connectivity index (χ4v) is 8.16. The molecule has 14 nitrogen and oxygen atoms in total. The van der Waals surface area contributed by atoms with Crippen molar-refractivity contribution in [1.82, 2.24) is 40.4 Å². The first-order valence-corrected chi connectivity index (χ1v) is 18.9. The molecule has 3 aliphatic rings. The molecule has 7 rings (SSSR count). The van der Waals surface area contributed by atoms with Crippen molar-refractivity contribution in [2.45, 2.75) is 75.9 Å². The summed E-state index contributed by atoms with van der Waals surface area (Å²) in [6, 6.07) is 16.2. The molecule has 4 N–H and O–H groups in total. The summed E-state index contributed by atoms with van der Waals surface area (Å²) in [6.07, 6.45) is 9.75. The van der Waals surface area contributed by atoms with E-state index in [1.165, 1.54) is 14.2 Å². The van der Waals surface area contributed by atoms with Crippen molar-refractivity contribution < 1.29 is 28.7 Å². The van der Waals surface area contributed by atoms with Gasteiger partial charge in [-0.15, -0.1) is 0 Å². The molecule has 284 valence electrons. The zero-order valence-corrected chi connectivity index (χ0v) is 30.8. The van der Waals surface area contributed by atoms with Gasteiger partial charge in [-0.2, -0.15) is 0 Å². The SMILES string of the molecule is COC(=O)NCCC(=O)N1CCC[C@H]1c1ncc(-c2ccc(-c3ccc(-c4cnc([C@@H]5CCCN5C(=O)[C@H]5CCCC[C@H]5NC(=O)OC)[nH]4)cc3)cc2)[nH]1. The zero-order chi connectivity index (χ0) is 37.6. The predicted octanol–water partition coefficient (Wildman–Crippen LogP) is 6.12. The number of nitrogens with zero attached hydrogens (tertiary/aromatic N) is 4. The second-order valence-corrected chi connectivity index (χ2v) is 14.3. The molecule has 0 spiro atoms. The summed E-state index contributed by atoms with van der Waals surface area (Å²) < 4.78 is 9.40. The van der Waals surface area contributed by atoms with Crippen LogP contribution >= 0.6 is 0 Å². The zero-order valence-electron chi connectivity index (χ0n) is 30.8. The van der Waals surface area contributed by atoms with Crippen LogP contribution < -0.4 is 10.6 Å². The third kappa shape index (κ3) is 7.97. The molecule has 1 saturated carbocycles. The number of carbonyl (C=O) groups is 4. The highest BCUT2D eigenvalue weighted by molar-refractivity contribution is 5.81. The first kappa shape index (κ1) is 36.7. The number of imidazole rings is 2. The number of nitrogens with one attached hydrogen (secondary N) is 4. The van der Waals surface area contributed by atoms with E-state index in [2.05, 4.69) is 78.9 Å². The number of hydrogen-bond acceptors (Lipinski definition) is 8. The second kappa shape index (κ2) is 16.6. The van der Waals surface area contributed by atoms with Crippen LogP contribution in [0.3, 0.4) is 0 Å². The number of likely N-dealkylation sites (tertiary alicyclic amines) is 2. The summed E-state index contributed by atoms with van der Waals surface area (Å²) in [5.74, 6) is 1.34. The normalized spacial score (nSPS) is 21.1. The fourth-order valence-electron chi connectivity index (χ4n) is 8.16. The van der Waals surface area contributed by atoms with E-state index in [1.54, 1.807) is 0 Å². The molecule has 0 unspecified atom stereocenters. The highest BCUT2D eigenvalue weighted by atomic mass is 16.5. The Morgan fingerprint density at radius 1 is 0.685 bits per heavy atom. The molecule has 14 heteroatoms. The number of ether oxygens (including phenoxy) is 2. The minimum atomic E-state index is -0.549. The summed E-state index contributed by atoms with van der Waals surface area (Å²) in [6.45, 7) is 1.56. The average Bonchev–Trinajstić information content (AvgIpc) is 4.05. The number of alkyl carbamates (subject to hydrolysis) is 2. The molecule has 0 radical (unpaired) electrons. The second-order valence-electron chi connectivity index (χ2n) is 14.3. The van der Waals surface area contributed by atoms with Crippen molar-refractivity contribution in [2.75, 3.05) is 33.9 Å². The maximum Gasteiger partial charge on any atom is 0.407 e. The molecular weight excluding hydrogens is 688 g/mol. The molecule has 0 bridgehead atoms. The number of aromatic amines is 2. The van der Waals surface area contributed by atoms with Crippen molar-refractivity contribution in [3.05, 3.63) is 72.6 Å². The van der Waals surface area contributed by atoms with E-state index in [9.17, 15) is 19.2 Å². The summed E-state index contributed by atoms with van der Waals surface area (Å²) in [5, 5.41) is 5.46. The van der Waals surface area contributed by atoms with Crippen molar-refractivity contribution in [3.8, 4) is 33.6 Å². The van der Waals surface area contributed by atoms with Gasteiger partial charge in [-0.1, -0.05) is 61.4 Å². The summed E-state index contributed by atoms with van der Waals surface area (Å²) >= 11 is 0. The molecule has 1 aliphatic carbocycles. The smallest absolute Gasteiger partial charge is 0.407 e. The molecule has 4 heterocycles. The Kier molecular flexibility index (Phi) is 11.3. The molecule has 2 saturated heterocycles. The van der Waals surface area contributed by atoms with E-state index in [0.29, 0.717) is 13.1 Å². The van der Waals surface area contributed by atoms with Crippen LogP contribution in [0.25, 0.3) is 33.6 Å². The van der Waals surface area contributed by atoms with E-state index in [0.717, 1.165) is 96.7 Å². The Labute approximate surface area is 314 Å². The summed E-state index contributed by atoms with van der Waals surface area (Å²) in [5.41, 5.74) is 5.93. The van der Waals surface area contributed by atoms with E-state index in [1.807, 2.05) is 22.2 Å². The molecule has 2 aromatic heterocycles. The number of aromatic nitrogens is 4. The van der Waals surface area contributed by atoms with Gasteiger partial charge in [0.1, 0.15) is 11.6 Å². The average molecular weight is 737 g/mol. The highest BCUT2D eigenvalue weighted by Crippen LogP contribution is 2.37. The number of methoxy groups -OCH3 is 2. The van der Waals surface area contributed by atoms with Crippen LogP contribution in [0, 0.1) is 5.92 Å². The topological polar surface area (TPSA) is 175 Å². The van der Waals surface area contributed by atoms with E-state index in [4.69, 9.17) is 9.72 Å². The quantitative estimate of drug-likeness (QED) is 0.151. The lowest BCUT2D eigenvalue weighted by Crippen LogP contribution is -2.49. The first-order valence-electron chi connectivity index (χ1n) is 18.9. The lowest BCUT2D eigenvalue weighted by atomic mass is 9.83. The maximum atomic E-state index is 13.8. The van der Waals surface area contributed by atoms with Crippen LogP contribution in [0.15, 0.2) is 60.9 Å². The molecule has 2 aliphatic heterocycles. The van der Waals surface area contributed by atoms with Gasteiger partial charge in [0.2, 0.25) is 11.8 Å². The minimum Gasteiger partial charge on any atom is -0.453 e. The fraction of sp³-hybridized carbons (Fsp3) is 0.450. The number of hydrogen-bond donors (Lipinski definition) is 4. The van der Waals surface area contributed by atoms with Gasteiger partial charge in [0.05, 0.1) is 56.0 Å². The highest BCUT2D eigenvalue weighted by Gasteiger charge is 2.40. The van der Waals surface area contributed by atoms with Crippen LogP contribution in [0.1, 0.15) is 81.5 Å². The molecule has 4 amide bonds. The van der Waals surface area contributed by atoms with Gasteiger partial charge in [0, 0.05) is 32.1 Å². The van der Waals surface area contributed by atoms with Crippen molar-refractivity contribution in [3.63, 3.8) is 0 Å². The van der Waals surface area contributed by atoms with Crippen molar-refractivity contribution in [2.24, 2.45) is 5.92 Å². The number of carbonyl (C=O) groups excluding carboxylic acids is 4. The van der Waals surface area contributed by atoms with Crippen molar-refractivity contribution in [1.29, 1.82) is 0 Å². The lowest BCUT2D eigenvalue weighted by Gasteiger charge is -2.35. The third-order valence-electron chi connectivity index (χ3n) is 11.0. The Morgan fingerprint density at radius 3 is 1.78 bits per heavy atom. The monoisotopic (exact) mass is 736 g/mol. The van der Waals surface area contributed by atoms with Gasteiger partial charge < -0.3 is 39.9 Å². The van der Waals surface area contributed by atoms with Crippen LogP contribution in [-0.2, 0) is 19.1 Å². The molecule has 4 atom stereocenters. The third-order valence-corrected chi connectivity index (χ3v) is 11.0. The van der Waals surface area contributed by atoms with Gasteiger partial charge in [-0.3, -0.25) is 9.59 Å². The maximum absolute atomic E-state index is 13.8. The van der Waals surface area contributed by atoms with Crippen molar-refractivity contribution >= 4 is 24.0 Å². The van der Waals surface area contributed by atoms with Gasteiger partial charge >= 0.3 is 12.2 Å². The van der Waals surface area contributed by atoms with E-state index >= 15 is 0 Å². The Bertz CT molecular complexity index is 1940. The first-order chi connectivity index (χ1) is 26.3. The molecule has 54 heavy (non-hydrogen) atoms. The molecular formula is C40H48N8O6. The van der Waals surface area contributed by atoms with Crippen LogP contribution in [0.4, 0.5) is 9.59 Å². The van der Waals surface area contributed by atoms with Crippen LogP contribution in [-0.4, -0.2) is 93.6 Å². The van der Waals surface area contributed by atoms with Gasteiger partial charge in [0.25, 0.3) is 0 Å². The van der Waals surface area contributed by atoms with Gasteiger partial charge in [-0.05, 0) is 60.8 Å². The molecule has 4 aromatic rings. The molecule has 3 fully saturated rings.